The van der Waals surface area contributed by atoms with Crippen molar-refractivity contribution in [2.45, 2.75) is 5.50 Å². The van der Waals surface area contributed by atoms with Crippen LogP contribution in [0.2, 0.25) is 0 Å². The highest BCUT2D eigenvalue weighted by molar-refractivity contribution is 6.30. The zero-order valence-corrected chi connectivity index (χ0v) is 4.09. The summed E-state index contributed by atoms with van der Waals surface area (Å²) in [7, 11) is 0. The van der Waals surface area contributed by atoms with Crippen LogP contribution in [-0.4, -0.2) is 17.7 Å². The second-order valence-corrected chi connectivity index (χ2v) is 1.51. The van der Waals surface area contributed by atoms with Gasteiger partial charge in [0.25, 0.3) is 0 Å². The molecule has 37 valence electrons. The van der Waals surface area contributed by atoms with Crippen molar-refractivity contribution in [2.75, 3.05) is 0 Å². The number of hydrogen-bond donors (Lipinski definition) is 0. The number of amides is 2. The van der Waals surface area contributed by atoms with E-state index in [1.807, 2.05) is 0 Å². The average Bonchev–Trinajstić information content (AvgIpc) is 1.87. The van der Waals surface area contributed by atoms with Gasteiger partial charge in [-0.05, 0) is 0 Å². The molecular weight excluding hydrogens is 115 g/mol. The van der Waals surface area contributed by atoms with Gasteiger partial charge in [0.2, 0.25) is 0 Å². The predicted octanol–water partition coefficient (Wildman–Crippen LogP) is 0.360. The summed E-state index contributed by atoms with van der Waals surface area (Å²) in [6.07, 6.45) is 1.30. The second kappa shape index (κ2) is 1.50. The first-order valence-corrected chi connectivity index (χ1v) is 2.16. The van der Waals surface area contributed by atoms with Crippen LogP contribution in [0.5, 0.6) is 0 Å². The number of alkyl halides is 1. The van der Waals surface area contributed by atoms with Crippen LogP contribution in [0.1, 0.15) is 0 Å². The van der Waals surface area contributed by atoms with Crippen molar-refractivity contribution in [3.8, 4) is 0 Å². The van der Waals surface area contributed by atoms with E-state index in [4.69, 9.17) is 11.6 Å². The molecule has 0 fully saturated rings. The molecule has 1 heterocycles. The molecule has 0 spiro atoms. The molecule has 4 heteroatoms. The molecule has 0 aromatic heterocycles. The first kappa shape index (κ1) is 4.59. The summed E-state index contributed by atoms with van der Waals surface area (Å²) in [6, 6.07) is -0.486. The van der Waals surface area contributed by atoms with Crippen molar-refractivity contribution in [1.29, 1.82) is 0 Å². The third-order valence-corrected chi connectivity index (χ3v) is 0.752. The van der Waals surface area contributed by atoms with Gasteiger partial charge in [-0.1, -0.05) is 11.6 Å². The largest absolute Gasteiger partial charge is 0.364 e. The van der Waals surface area contributed by atoms with Gasteiger partial charge in [0.15, 0.2) is 5.50 Å². The normalized spacial score (nSPS) is 28.1. The topological polar surface area (TPSA) is 43.5 Å². The molecule has 0 aromatic carbocycles. The fourth-order valence-corrected chi connectivity index (χ4v) is 0.437. The molecule has 0 saturated heterocycles. The van der Waals surface area contributed by atoms with Gasteiger partial charge in [-0.25, -0.2) is 15.1 Å². The highest BCUT2D eigenvalue weighted by Crippen LogP contribution is 1.96. The molecular formula is C3H2ClN2O. The van der Waals surface area contributed by atoms with Gasteiger partial charge in [-0.3, -0.25) is 0 Å². The molecule has 0 saturated carbocycles. The fourth-order valence-electron chi connectivity index (χ4n) is 0.297. The van der Waals surface area contributed by atoms with Crippen LogP contribution in [0.15, 0.2) is 4.99 Å². The SMILES string of the molecule is O=C1[N]C(Cl)C=N1. The van der Waals surface area contributed by atoms with Crippen molar-refractivity contribution in [3.05, 3.63) is 0 Å². The molecule has 1 radical (unpaired) electrons. The summed E-state index contributed by atoms with van der Waals surface area (Å²) in [5.41, 5.74) is -0.521. The standard InChI is InChI=1S/C3H2ClN2O/c4-2-1-5-3(7)6-2/h1-2H. The summed E-state index contributed by atoms with van der Waals surface area (Å²) >= 11 is 5.27. The van der Waals surface area contributed by atoms with E-state index in [1.54, 1.807) is 0 Å². The summed E-state index contributed by atoms with van der Waals surface area (Å²) in [5, 5.41) is 3.29. The number of carbonyl (C=O) groups is 1. The number of carbonyl (C=O) groups excluding carboxylic acids is 1. The van der Waals surface area contributed by atoms with Crippen molar-refractivity contribution in [3.63, 3.8) is 0 Å². The highest BCUT2D eigenvalue weighted by atomic mass is 35.5. The van der Waals surface area contributed by atoms with E-state index in [2.05, 4.69) is 10.3 Å². The van der Waals surface area contributed by atoms with Crippen molar-refractivity contribution in [1.82, 2.24) is 5.32 Å². The van der Waals surface area contributed by atoms with E-state index in [9.17, 15) is 4.79 Å². The molecule has 1 atom stereocenters. The van der Waals surface area contributed by atoms with E-state index in [-0.39, 0.29) is 0 Å². The van der Waals surface area contributed by atoms with Crippen LogP contribution < -0.4 is 5.32 Å². The van der Waals surface area contributed by atoms with Gasteiger partial charge in [-0.15, -0.1) is 0 Å². The van der Waals surface area contributed by atoms with Gasteiger partial charge in [0, 0.05) is 6.21 Å². The lowest BCUT2D eigenvalue weighted by Gasteiger charge is -1.84. The zero-order chi connectivity index (χ0) is 5.28. The second-order valence-electron chi connectivity index (χ2n) is 1.06. The molecule has 1 aliphatic rings. The third kappa shape index (κ3) is 0.899. The Hall–Kier alpha value is -0.570. The lowest BCUT2D eigenvalue weighted by atomic mass is 10.7. The minimum Gasteiger partial charge on any atom is -0.244 e. The molecule has 3 nitrogen and oxygen atoms in total. The Kier molecular flexibility index (Phi) is 0.982. The lowest BCUT2D eigenvalue weighted by Crippen LogP contribution is -2.12. The van der Waals surface area contributed by atoms with Gasteiger partial charge < -0.3 is 0 Å². The molecule has 2 amide bonds. The average molecular weight is 118 g/mol. The summed E-state index contributed by atoms with van der Waals surface area (Å²) in [5.74, 6) is 0. The van der Waals surface area contributed by atoms with E-state index in [1.165, 1.54) is 6.21 Å². The van der Waals surface area contributed by atoms with Crippen molar-refractivity contribution in [2.24, 2.45) is 4.99 Å². The van der Waals surface area contributed by atoms with Crippen LogP contribution in [-0.2, 0) is 0 Å². The number of hydrogen-bond acceptors (Lipinski definition) is 1. The molecule has 0 bridgehead atoms. The summed E-state index contributed by atoms with van der Waals surface area (Å²) < 4.78 is 0. The van der Waals surface area contributed by atoms with Gasteiger partial charge >= 0.3 is 6.03 Å². The Morgan fingerprint density at radius 3 is 2.71 bits per heavy atom. The van der Waals surface area contributed by atoms with Gasteiger partial charge in [0.05, 0.1) is 0 Å². The minimum absolute atomic E-state index is 0.486. The first-order valence-electron chi connectivity index (χ1n) is 1.72. The molecule has 1 aliphatic heterocycles. The van der Waals surface area contributed by atoms with Crippen LogP contribution >= 0.6 is 11.6 Å². The minimum atomic E-state index is -0.521. The maximum atomic E-state index is 10.0. The van der Waals surface area contributed by atoms with Gasteiger partial charge in [0.1, 0.15) is 0 Å². The van der Waals surface area contributed by atoms with Crippen LogP contribution in [0.4, 0.5) is 4.79 Å². The van der Waals surface area contributed by atoms with E-state index in [0.717, 1.165) is 0 Å². The molecule has 1 rings (SSSR count). The van der Waals surface area contributed by atoms with E-state index in [0.29, 0.717) is 0 Å². The van der Waals surface area contributed by atoms with Gasteiger partial charge in [-0.2, -0.15) is 0 Å². The van der Waals surface area contributed by atoms with Crippen molar-refractivity contribution >= 4 is 23.8 Å². The van der Waals surface area contributed by atoms with E-state index < -0.39 is 11.5 Å². The molecule has 1 unspecified atom stereocenters. The number of halogens is 1. The smallest absolute Gasteiger partial charge is 0.244 e. The monoisotopic (exact) mass is 117 g/mol. The maximum absolute atomic E-state index is 10.0. The number of aliphatic imine (C=N–C) groups is 1. The molecule has 7 heavy (non-hydrogen) atoms. The Morgan fingerprint density at radius 2 is 2.57 bits per heavy atom. The Bertz CT molecular complexity index is 122. The van der Waals surface area contributed by atoms with Crippen LogP contribution in [0, 0.1) is 0 Å². The first-order chi connectivity index (χ1) is 3.29. The number of nitrogens with zero attached hydrogens (tertiary/aromatic N) is 2. The summed E-state index contributed by atoms with van der Waals surface area (Å²) in [4.78, 5) is 13.3. The Labute approximate surface area is 45.4 Å². The third-order valence-electron chi connectivity index (χ3n) is 0.542. The maximum Gasteiger partial charge on any atom is 0.364 e. The number of rotatable bonds is 0. The molecule has 0 N–H and O–H groups in total. The van der Waals surface area contributed by atoms with Crippen molar-refractivity contribution < 1.29 is 4.79 Å². The summed E-state index contributed by atoms with van der Waals surface area (Å²) in [6.45, 7) is 0. The fraction of sp³-hybridized carbons (Fsp3) is 0.333. The molecule has 0 aromatic rings. The Morgan fingerprint density at radius 1 is 1.86 bits per heavy atom. The van der Waals surface area contributed by atoms with E-state index >= 15 is 0 Å². The highest BCUT2D eigenvalue weighted by Gasteiger charge is 2.13. The number of urea groups is 1. The quantitative estimate of drug-likeness (QED) is 0.334. The van der Waals surface area contributed by atoms with Crippen LogP contribution in [0.3, 0.4) is 0 Å². The predicted molar refractivity (Wildman–Crippen MR) is 25.7 cm³/mol. The lowest BCUT2D eigenvalue weighted by molar-refractivity contribution is 0.251. The van der Waals surface area contributed by atoms with Crippen LogP contribution in [0.25, 0.3) is 0 Å². The zero-order valence-electron chi connectivity index (χ0n) is 3.34. The Balaban J connectivity index is 2.58. The molecule has 0 aliphatic carbocycles.